The Bertz CT molecular complexity index is 699. The number of benzene rings is 1. The lowest BCUT2D eigenvalue weighted by atomic mass is 9.91. The van der Waals surface area contributed by atoms with E-state index in [0.29, 0.717) is 11.6 Å². The number of methoxy groups -OCH3 is 2. The zero-order chi connectivity index (χ0) is 16.4. The molecule has 3 rings (SSSR count). The van der Waals surface area contributed by atoms with Gasteiger partial charge in [-0.1, -0.05) is 24.2 Å². The van der Waals surface area contributed by atoms with Gasteiger partial charge >= 0.3 is 0 Å². The van der Waals surface area contributed by atoms with E-state index in [0.717, 1.165) is 24.5 Å². The number of ether oxygens (including phenoxy) is 2. The largest absolute Gasteiger partial charge is 0.493 e. The molecule has 23 heavy (non-hydrogen) atoms. The summed E-state index contributed by atoms with van der Waals surface area (Å²) >= 11 is 7.85. The van der Waals surface area contributed by atoms with Crippen LogP contribution in [0.5, 0.6) is 11.5 Å². The zero-order valence-electron chi connectivity index (χ0n) is 13.3. The lowest BCUT2D eigenvalue weighted by Gasteiger charge is -2.37. The molecule has 0 amide bonds. The average Bonchev–Trinajstić information content (AvgIpc) is 3.06. The van der Waals surface area contributed by atoms with Crippen LogP contribution < -0.4 is 9.47 Å². The van der Waals surface area contributed by atoms with Crippen molar-refractivity contribution in [2.45, 2.75) is 12.5 Å². The van der Waals surface area contributed by atoms with Gasteiger partial charge in [-0.25, -0.2) is 0 Å². The Kier molecular flexibility index (Phi) is 4.95. The van der Waals surface area contributed by atoms with E-state index in [1.165, 1.54) is 16.0 Å². The maximum Gasteiger partial charge on any atom is 0.161 e. The Morgan fingerprint density at radius 1 is 1.35 bits per heavy atom. The summed E-state index contributed by atoms with van der Waals surface area (Å²) in [5.41, 5.74) is 2.56. The van der Waals surface area contributed by atoms with E-state index in [4.69, 9.17) is 21.1 Å². The lowest BCUT2D eigenvalue weighted by Crippen LogP contribution is -2.36. The van der Waals surface area contributed by atoms with Crippen LogP contribution in [0.3, 0.4) is 0 Å². The molecule has 5 heteroatoms. The topological polar surface area (TPSA) is 21.7 Å². The third-order valence-electron chi connectivity index (χ3n) is 4.16. The van der Waals surface area contributed by atoms with Crippen molar-refractivity contribution in [3.8, 4) is 11.5 Å². The summed E-state index contributed by atoms with van der Waals surface area (Å²) in [6.45, 7) is 5.48. The molecule has 2 heterocycles. The molecule has 0 aliphatic carbocycles. The third kappa shape index (κ3) is 3.25. The van der Waals surface area contributed by atoms with Crippen LogP contribution in [0.4, 0.5) is 0 Å². The van der Waals surface area contributed by atoms with Crippen LogP contribution in [-0.4, -0.2) is 32.2 Å². The maximum absolute atomic E-state index is 6.09. The summed E-state index contributed by atoms with van der Waals surface area (Å²) in [5, 5.41) is 2.77. The van der Waals surface area contributed by atoms with E-state index in [9.17, 15) is 0 Å². The minimum Gasteiger partial charge on any atom is -0.493 e. The van der Waals surface area contributed by atoms with Gasteiger partial charge in [0.05, 0.1) is 20.3 Å². The van der Waals surface area contributed by atoms with Gasteiger partial charge in [0.1, 0.15) is 0 Å². The second-order valence-electron chi connectivity index (χ2n) is 5.56. The maximum atomic E-state index is 6.09. The van der Waals surface area contributed by atoms with Crippen molar-refractivity contribution in [2.75, 3.05) is 27.3 Å². The molecule has 3 nitrogen and oxygen atoms in total. The second-order valence-corrected chi connectivity index (χ2v) is 7.08. The molecule has 0 spiro atoms. The number of hydrogen-bond donors (Lipinski definition) is 0. The predicted octanol–water partition coefficient (Wildman–Crippen LogP) is 4.47. The first-order valence-electron chi connectivity index (χ1n) is 7.49. The Morgan fingerprint density at radius 3 is 2.70 bits per heavy atom. The van der Waals surface area contributed by atoms with Crippen molar-refractivity contribution in [3.63, 3.8) is 0 Å². The van der Waals surface area contributed by atoms with Crippen LogP contribution in [0.1, 0.15) is 22.0 Å². The highest BCUT2D eigenvalue weighted by molar-refractivity contribution is 7.10. The Labute approximate surface area is 146 Å². The summed E-state index contributed by atoms with van der Waals surface area (Å²) in [7, 11) is 3.35. The highest BCUT2D eigenvalue weighted by Gasteiger charge is 2.31. The van der Waals surface area contributed by atoms with Crippen LogP contribution in [0, 0.1) is 0 Å². The van der Waals surface area contributed by atoms with E-state index in [-0.39, 0.29) is 6.04 Å². The van der Waals surface area contributed by atoms with E-state index in [1.54, 1.807) is 25.6 Å². The molecule has 1 aliphatic rings. The van der Waals surface area contributed by atoms with Gasteiger partial charge in [-0.3, -0.25) is 4.90 Å². The van der Waals surface area contributed by atoms with Crippen molar-refractivity contribution in [1.29, 1.82) is 0 Å². The number of hydrogen-bond acceptors (Lipinski definition) is 4. The second kappa shape index (κ2) is 6.95. The number of fused-ring (bicyclic) bond motifs is 1. The fourth-order valence-corrected chi connectivity index (χ4v) is 4.20. The van der Waals surface area contributed by atoms with Crippen LogP contribution >= 0.6 is 22.9 Å². The number of halogens is 1. The minimum atomic E-state index is 0.175. The summed E-state index contributed by atoms with van der Waals surface area (Å²) in [4.78, 5) is 3.67. The molecule has 1 aromatic carbocycles. The average molecular weight is 350 g/mol. The molecule has 0 fully saturated rings. The molecule has 1 unspecified atom stereocenters. The van der Waals surface area contributed by atoms with Crippen molar-refractivity contribution in [3.05, 3.63) is 57.3 Å². The number of rotatable bonds is 5. The normalized spacial score (nSPS) is 17.6. The van der Waals surface area contributed by atoms with Gasteiger partial charge in [-0.2, -0.15) is 0 Å². The molecule has 1 aliphatic heterocycles. The van der Waals surface area contributed by atoms with Crippen LogP contribution in [-0.2, 0) is 6.42 Å². The van der Waals surface area contributed by atoms with Gasteiger partial charge < -0.3 is 9.47 Å². The van der Waals surface area contributed by atoms with E-state index < -0.39 is 0 Å². The molecule has 2 aromatic rings. The molecule has 0 radical (unpaired) electrons. The standard InChI is InChI=1S/C18H20ClNO2S/c1-12(19)11-20-7-6-13-9-15(21-2)16(22-3)10-14(13)18(20)17-5-4-8-23-17/h4-5,8-10,18H,1,6-7,11H2,2-3H3. The Balaban J connectivity index is 2.10. The van der Waals surface area contributed by atoms with Crippen LogP contribution in [0.25, 0.3) is 0 Å². The molecule has 0 bridgehead atoms. The SMILES string of the molecule is C=C(Cl)CN1CCc2cc(OC)c(OC)cc2C1c1cccs1. The molecule has 0 saturated carbocycles. The van der Waals surface area contributed by atoms with Gasteiger partial charge in [0.2, 0.25) is 0 Å². The first kappa shape index (κ1) is 16.4. The van der Waals surface area contributed by atoms with Crippen LogP contribution in [0.15, 0.2) is 41.3 Å². The number of thiophene rings is 1. The third-order valence-corrected chi connectivity index (χ3v) is 5.21. The highest BCUT2D eigenvalue weighted by Crippen LogP contribution is 2.42. The van der Waals surface area contributed by atoms with E-state index in [1.807, 2.05) is 0 Å². The Morgan fingerprint density at radius 2 is 2.09 bits per heavy atom. The summed E-state index contributed by atoms with van der Waals surface area (Å²) in [6.07, 6.45) is 0.960. The summed E-state index contributed by atoms with van der Waals surface area (Å²) < 4.78 is 10.9. The van der Waals surface area contributed by atoms with Gasteiger partial charge in [0, 0.05) is 23.0 Å². The van der Waals surface area contributed by atoms with Crippen molar-refractivity contribution in [2.24, 2.45) is 0 Å². The highest BCUT2D eigenvalue weighted by atomic mass is 35.5. The quantitative estimate of drug-likeness (QED) is 0.795. The van der Waals surface area contributed by atoms with Gasteiger partial charge in [0.15, 0.2) is 11.5 Å². The van der Waals surface area contributed by atoms with Gasteiger partial charge in [-0.15, -0.1) is 11.3 Å². The van der Waals surface area contributed by atoms with Crippen molar-refractivity contribution in [1.82, 2.24) is 4.90 Å². The van der Waals surface area contributed by atoms with E-state index in [2.05, 4.69) is 41.1 Å². The fraction of sp³-hybridized carbons (Fsp3) is 0.333. The summed E-state index contributed by atoms with van der Waals surface area (Å²) in [5.74, 6) is 1.55. The first-order chi connectivity index (χ1) is 11.1. The molecule has 0 N–H and O–H groups in total. The smallest absolute Gasteiger partial charge is 0.161 e. The molecule has 122 valence electrons. The molecule has 1 atom stereocenters. The summed E-state index contributed by atoms with van der Waals surface area (Å²) in [6, 6.07) is 8.63. The fourth-order valence-electron chi connectivity index (χ4n) is 3.17. The molecule has 1 aromatic heterocycles. The molecular weight excluding hydrogens is 330 g/mol. The monoisotopic (exact) mass is 349 g/mol. The minimum absolute atomic E-state index is 0.175. The first-order valence-corrected chi connectivity index (χ1v) is 8.75. The van der Waals surface area contributed by atoms with Gasteiger partial charge in [0.25, 0.3) is 0 Å². The molecular formula is C18H20ClNO2S. The van der Waals surface area contributed by atoms with E-state index >= 15 is 0 Å². The Hall–Kier alpha value is -1.49. The zero-order valence-corrected chi connectivity index (χ0v) is 14.9. The van der Waals surface area contributed by atoms with Gasteiger partial charge in [-0.05, 0) is 41.1 Å². The predicted molar refractivity (Wildman–Crippen MR) is 96.0 cm³/mol. The number of nitrogens with zero attached hydrogens (tertiary/aromatic N) is 1. The van der Waals surface area contributed by atoms with Crippen LogP contribution in [0.2, 0.25) is 0 Å². The van der Waals surface area contributed by atoms with Crippen molar-refractivity contribution < 1.29 is 9.47 Å². The van der Waals surface area contributed by atoms with Crippen molar-refractivity contribution >= 4 is 22.9 Å². The lowest BCUT2D eigenvalue weighted by molar-refractivity contribution is 0.237. The molecule has 0 saturated heterocycles.